The molecule has 0 aliphatic carbocycles. The van der Waals surface area contributed by atoms with Gasteiger partial charge in [-0.1, -0.05) is 25.9 Å². The summed E-state index contributed by atoms with van der Waals surface area (Å²) in [5, 5.41) is 17.8. The molecule has 0 aliphatic rings. The van der Waals surface area contributed by atoms with E-state index in [1.54, 1.807) is 11.3 Å². The summed E-state index contributed by atoms with van der Waals surface area (Å²) in [5.74, 6) is 1.07. The van der Waals surface area contributed by atoms with E-state index in [-0.39, 0.29) is 5.41 Å². The van der Waals surface area contributed by atoms with Crippen LogP contribution < -0.4 is 0 Å². The SMILES string of the molecule is CC(C)(C)C(O)Cc1nc(-c2ccsc2)no1. The van der Waals surface area contributed by atoms with E-state index >= 15 is 0 Å². The predicted octanol–water partition coefficient (Wildman–Crippen LogP) is 2.75. The van der Waals surface area contributed by atoms with E-state index in [1.807, 2.05) is 37.6 Å². The van der Waals surface area contributed by atoms with E-state index in [2.05, 4.69) is 10.1 Å². The molecule has 2 aromatic heterocycles. The van der Waals surface area contributed by atoms with Crippen LogP contribution in [0.1, 0.15) is 26.7 Å². The van der Waals surface area contributed by atoms with Gasteiger partial charge in [0.1, 0.15) is 0 Å². The van der Waals surface area contributed by atoms with E-state index < -0.39 is 6.10 Å². The van der Waals surface area contributed by atoms with Gasteiger partial charge in [0.05, 0.1) is 12.5 Å². The lowest BCUT2D eigenvalue weighted by Crippen LogP contribution is -2.28. The fraction of sp³-hybridized carbons (Fsp3) is 0.500. The number of rotatable bonds is 3. The molecule has 2 heterocycles. The van der Waals surface area contributed by atoms with Gasteiger partial charge >= 0.3 is 0 Å². The van der Waals surface area contributed by atoms with E-state index in [0.717, 1.165) is 5.56 Å². The highest BCUT2D eigenvalue weighted by molar-refractivity contribution is 7.08. The second-order valence-electron chi connectivity index (χ2n) is 5.11. The lowest BCUT2D eigenvalue weighted by atomic mass is 9.87. The summed E-state index contributed by atoms with van der Waals surface area (Å²) in [6.07, 6.45) is -0.0982. The normalized spacial score (nSPS) is 13.9. The number of aliphatic hydroxyl groups is 1. The maximum absolute atomic E-state index is 9.95. The second-order valence-corrected chi connectivity index (χ2v) is 5.89. The first kappa shape index (κ1) is 12.3. The predicted molar refractivity (Wildman–Crippen MR) is 66.8 cm³/mol. The summed E-state index contributed by atoms with van der Waals surface area (Å²) in [7, 11) is 0. The van der Waals surface area contributed by atoms with Crippen molar-refractivity contribution in [3.8, 4) is 11.4 Å². The average molecular weight is 252 g/mol. The quantitative estimate of drug-likeness (QED) is 0.912. The van der Waals surface area contributed by atoms with Crippen molar-refractivity contribution in [3.63, 3.8) is 0 Å². The smallest absolute Gasteiger partial charge is 0.229 e. The van der Waals surface area contributed by atoms with Crippen LogP contribution in [0, 0.1) is 5.41 Å². The number of hydrogen-bond acceptors (Lipinski definition) is 5. The highest BCUT2D eigenvalue weighted by Crippen LogP contribution is 2.23. The molecule has 0 fully saturated rings. The van der Waals surface area contributed by atoms with Gasteiger partial charge in [0.2, 0.25) is 11.7 Å². The van der Waals surface area contributed by atoms with Crippen LogP contribution in [0.15, 0.2) is 21.3 Å². The molecule has 0 spiro atoms. The third-order valence-electron chi connectivity index (χ3n) is 2.62. The van der Waals surface area contributed by atoms with Crippen LogP contribution in [0.3, 0.4) is 0 Å². The summed E-state index contributed by atoms with van der Waals surface area (Å²) >= 11 is 1.59. The van der Waals surface area contributed by atoms with Crippen molar-refractivity contribution in [2.24, 2.45) is 5.41 Å². The fourth-order valence-electron chi connectivity index (χ4n) is 1.32. The summed E-state index contributed by atoms with van der Waals surface area (Å²) in [6.45, 7) is 5.94. The van der Waals surface area contributed by atoms with E-state index in [4.69, 9.17) is 4.52 Å². The molecule has 1 N–H and O–H groups in total. The molecule has 0 aromatic carbocycles. The fourth-order valence-corrected chi connectivity index (χ4v) is 1.95. The average Bonchev–Trinajstić information content (AvgIpc) is 2.83. The lowest BCUT2D eigenvalue weighted by Gasteiger charge is -2.24. The van der Waals surface area contributed by atoms with Crippen molar-refractivity contribution in [2.75, 3.05) is 0 Å². The van der Waals surface area contributed by atoms with E-state index in [0.29, 0.717) is 18.1 Å². The maximum Gasteiger partial charge on any atom is 0.229 e. The molecule has 0 aliphatic heterocycles. The maximum atomic E-state index is 9.95. The number of aromatic nitrogens is 2. The van der Waals surface area contributed by atoms with Crippen molar-refractivity contribution < 1.29 is 9.63 Å². The minimum absolute atomic E-state index is 0.184. The van der Waals surface area contributed by atoms with Crippen LogP contribution in [0.25, 0.3) is 11.4 Å². The van der Waals surface area contributed by atoms with E-state index in [1.165, 1.54) is 0 Å². The van der Waals surface area contributed by atoms with Crippen LogP contribution in [0.4, 0.5) is 0 Å². The van der Waals surface area contributed by atoms with Crippen molar-refractivity contribution in [3.05, 3.63) is 22.7 Å². The number of thiophene rings is 1. The zero-order chi connectivity index (χ0) is 12.5. The third-order valence-corrected chi connectivity index (χ3v) is 3.30. The van der Waals surface area contributed by atoms with Crippen LogP contribution in [0.2, 0.25) is 0 Å². The van der Waals surface area contributed by atoms with E-state index in [9.17, 15) is 5.11 Å². The van der Waals surface area contributed by atoms with Crippen molar-refractivity contribution in [2.45, 2.75) is 33.3 Å². The first-order chi connectivity index (χ1) is 7.97. The standard InChI is InChI=1S/C12H16N2O2S/c1-12(2,3)9(15)6-10-13-11(14-16-10)8-4-5-17-7-8/h4-5,7,9,15H,6H2,1-3H3. The molecule has 2 aromatic rings. The summed E-state index contributed by atoms with van der Waals surface area (Å²) in [4.78, 5) is 4.28. The van der Waals surface area contributed by atoms with Gasteiger partial charge in [0, 0.05) is 10.9 Å². The van der Waals surface area contributed by atoms with Gasteiger partial charge in [-0.2, -0.15) is 16.3 Å². The first-order valence-electron chi connectivity index (χ1n) is 5.50. The van der Waals surface area contributed by atoms with Crippen molar-refractivity contribution >= 4 is 11.3 Å². The Hall–Kier alpha value is -1.20. The highest BCUT2D eigenvalue weighted by atomic mass is 32.1. The molecule has 1 atom stereocenters. The van der Waals surface area contributed by atoms with Gasteiger partial charge in [-0.3, -0.25) is 0 Å². The Kier molecular flexibility index (Phi) is 3.31. The van der Waals surface area contributed by atoms with Crippen molar-refractivity contribution in [1.82, 2.24) is 10.1 Å². The molecular weight excluding hydrogens is 236 g/mol. The monoisotopic (exact) mass is 252 g/mol. The molecular formula is C12H16N2O2S. The second kappa shape index (κ2) is 4.58. The number of hydrogen-bond donors (Lipinski definition) is 1. The Bertz CT molecular complexity index is 471. The molecule has 4 nitrogen and oxygen atoms in total. The van der Waals surface area contributed by atoms with Gasteiger partial charge in [0.15, 0.2) is 0 Å². The zero-order valence-electron chi connectivity index (χ0n) is 10.2. The van der Waals surface area contributed by atoms with Crippen LogP contribution in [-0.2, 0) is 6.42 Å². The van der Waals surface area contributed by atoms with Gasteiger partial charge in [-0.05, 0) is 16.9 Å². The van der Waals surface area contributed by atoms with Gasteiger partial charge in [0.25, 0.3) is 0 Å². The van der Waals surface area contributed by atoms with Crippen LogP contribution in [-0.4, -0.2) is 21.4 Å². The molecule has 5 heteroatoms. The minimum atomic E-state index is -0.488. The highest BCUT2D eigenvalue weighted by Gasteiger charge is 2.24. The van der Waals surface area contributed by atoms with Gasteiger partial charge in [-0.25, -0.2) is 0 Å². The van der Waals surface area contributed by atoms with Crippen LogP contribution >= 0.6 is 11.3 Å². The summed E-state index contributed by atoms with van der Waals surface area (Å²) < 4.78 is 5.14. The van der Waals surface area contributed by atoms with Gasteiger partial charge < -0.3 is 9.63 Å². The molecule has 17 heavy (non-hydrogen) atoms. The Morgan fingerprint density at radius 3 is 2.82 bits per heavy atom. The molecule has 0 bridgehead atoms. The largest absolute Gasteiger partial charge is 0.392 e. The molecule has 2 rings (SSSR count). The summed E-state index contributed by atoms with van der Waals surface area (Å²) in [5.41, 5.74) is 0.770. The number of aliphatic hydroxyl groups excluding tert-OH is 1. The molecule has 1 unspecified atom stereocenters. The van der Waals surface area contributed by atoms with Crippen LogP contribution in [0.5, 0.6) is 0 Å². The summed E-state index contributed by atoms with van der Waals surface area (Å²) in [6, 6.07) is 1.94. The Morgan fingerprint density at radius 2 is 2.24 bits per heavy atom. The lowest BCUT2D eigenvalue weighted by molar-refractivity contribution is 0.0565. The zero-order valence-corrected chi connectivity index (χ0v) is 11.0. The molecule has 92 valence electrons. The van der Waals surface area contributed by atoms with Crippen molar-refractivity contribution in [1.29, 1.82) is 0 Å². The topological polar surface area (TPSA) is 59.2 Å². The minimum Gasteiger partial charge on any atom is -0.392 e. The molecule has 0 amide bonds. The first-order valence-corrected chi connectivity index (χ1v) is 6.44. The molecule has 0 radical (unpaired) electrons. The molecule has 0 saturated heterocycles. The molecule has 0 saturated carbocycles. The Balaban J connectivity index is 2.09. The third kappa shape index (κ3) is 2.92. The Morgan fingerprint density at radius 1 is 1.47 bits per heavy atom. The Labute approximate surface area is 104 Å². The number of nitrogens with zero attached hydrogens (tertiary/aromatic N) is 2. The van der Waals surface area contributed by atoms with Gasteiger partial charge in [-0.15, -0.1) is 0 Å².